The van der Waals surface area contributed by atoms with Crippen LogP contribution < -0.4 is 0 Å². The fourth-order valence-electron chi connectivity index (χ4n) is 3.45. The van der Waals surface area contributed by atoms with Crippen molar-refractivity contribution in [2.75, 3.05) is 0 Å². The molecule has 124 valence electrons. The van der Waals surface area contributed by atoms with Gasteiger partial charge in [-0.05, 0) is 37.3 Å². The number of aliphatic hydroxyl groups excluding tert-OH is 1. The highest BCUT2D eigenvalue weighted by atomic mass is 19.1. The molecule has 1 N–H and O–H groups in total. The molecule has 1 saturated carbocycles. The molecule has 1 aromatic heterocycles. The molecule has 1 unspecified atom stereocenters. The summed E-state index contributed by atoms with van der Waals surface area (Å²) in [6, 6.07) is 3.32. The Bertz CT molecular complexity index is 657. The number of halogens is 2. The van der Waals surface area contributed by atoms with Gasteiger partial charge in [0.25, 0.3) is 0 Å². The van der Waals surface area contributed by atoms with E-state index in [0.29, 0.717) is 12.1 Å². The number of aryl methyl sites for hydroxylation is 1. The van der Waals surface area contributed by atoms with E-state index in [0.717, 1.165) is 43.0 Å². The number of aromatic nitrogens is 2. The van der Waals surface area contributed by atoms with Gasteiger partial charge >= 0.3 is 0 Å². The molecule has 0 saturated heterocycles. The minimum absolute atomic E-state index is 0.246. The van der Waals surface area contributed by atoms with Gasteiger partial charge in [0.1, 0.15) is 11.6 Å². The second kappa shape index (κ2) is 6.79. The standard InChI is InChI=1S/C18H22F2N2O/c1-2-17-16(18(23)12-6-4-3-5-7-12)11-22(21-17)15-9-13(19)8-14(20)10-15/h8-12,18,23H,2-7H2,1H3. The molecular weight excluding hydrogens is 298 g/mol. The lowest BCUT2D eigenvalue weighted by Gasteiger charge is -2.26. The van der Waals surface area contributed by atoms with Crippen molar-refractivity contribution in [1.82, 2.24) is 9.78 Å². The lowest BCUT2D eigenvalue weighted by molar-refractivity contribution is 0.0841. The molecule has 3 rings (SSSR count). The number of hydrogen-bond donors (Lipinski definition) is 1. The van der Waals surface area contributed by atoms with E-state index in [4.69, 9.17) is 0 Å². The van der Waals surface area contributed by atoms with Gasteiger partial charge < -0.3 is 5.11 Å². The summed E-state index contributed by atoms with van der Waals surface area (Å²) in [5, 5.41) is 15.1. The van der Waals surface area contributed by atoms with Crippen LogP contribution >= 0.6 is 0 Å². The maximum Gasteiger partial charge on any atom is 0.128 e. The van der Waals surface area contributed by atoms with E-state index >= 15 is 0 Å². The second-order valence-electron chi connectivity index (χ2n) is 6.30. The van der Waals surface area contributed by atoms with Crippen LogP contribution in [0.25, 0.3) is 5.69 Å². The van der Waals surface area contributed by atoms with Gasteiger partial charge in [-0.25, -0.2) is 13.5 Å². The first-order valence-corrected chi connectivity index (χ1v) is 8.31. The Hall–Kier alpha value is -1.75. The second-order valence-corrected chi connectivity index (χ2v) is 6.30. The zero-order chi connectivity index (χ0) is 16.4. The highest BCUT2D eigenvalue weighted by Crippen LogP contribution is 2.35. The van der Waals surface area contributed by atoms with Crippen LogP contribution in [0.1, 0.15) is 56.4 Å². The van der Waals surface area contributed by atoms with Crippen LogP contribution in [0.2, 0.25) is 0 Å². The largest absolute Gasteiger partial charge is 0.388 e. The molecule has 1 aliphatic carbocycles. The summed E-state index contributed by atoms with van der Waals surface area (Å²) in [6.45, 7) is 1.97. The zero-order valence-electron chi connectivity index (χ0n) is 13.3. The van der Waals surface area contributed by atoms with E-state index in [-0.39, 0.29) is 5.92 Å². The highest BCUT2D eigenvalue weighted by Gasteiger charge is 2.26. The Kier molecular flexibility index (Phi) is 4.76. The van der Waals surface area contributed by atoms with Crippen molar-refractivity contribution in [3.05, 3.63) is 47.3 Å². The van der Waals surface area contributed by atoms with E-state index in [2.05, 4.69) is 5.10 Å². The van der Waals surface area contributed by atoms with E-state index in [1.807, 2.05) is 6.92 Å². The summed E-state index contributed by atoms with van der Waals surface area (Å²) in [7, 11) is 0. The van der Waals surface area contributed by atoms with Crippen LogP contribution in [0, 0.1) is 17.6 Å². The van der Waals surface area contributed by atoms with Gasteiger partial charge in [0.2, 0.25) is 0 Å². The third kappa shape index (κ3) is 3.44. The van der Waals surface area contributed by atoms with Crippen LogP contribution in [-0.2, 0) is 6.42 Å². The van der Waals surface area contributed by atoms with Gasteiger partial charge in [0.15, 0.2) is 0 Å². The number of hydrogen-bond acceptors (Lipinski definition) is 2. The molecule has 23 heavy (non-hydrogen) atoms. The molecule has 1 heterocycles. The molecule has 5 heteroatoms. The number of benzene rings is 1. The minimum Gasteiger partial charge on any atom is -0.388 e. The van der Waals surface area contributed by atoms with Crippen molar-refractivity contribution in [2.24, 2.45) is 5.92 Å². The Morgan fingerprint density at radius 3 is 2.43 bits per heavy atom. The molecule has 0 amide bonds. The summed E-state index contributed by atoms with van der Waals surface area (Å²) in [4.78, 5) is 0. The van der Waals surface area contributed by atoms with Crippen molar-refractivity contribution < 1.29 is 13.9 Å². The first-order valence-electron chi connectivity index (χ1n) is 8.31. The van der Waals surface area contributed by atoms with Crippen LogP contribution in [0.3, 0.4) is 0 Å². The zero-order valence-corrected chi connectivity index (χ0v) is 13.3. The van der Waals surface area contributed by atoms with Crippen LogP contribution in [0.4, 0.5) is 8.78 Å². The van der Waals surface area contributed by atoms with Gasteiger partial charge in [-0.2, -0.15) is 5.10 Å². The Morgan fingerprint density at radius 1 is 1.17 bits per heavy atom. The molecule has 0 spiro atoms. The Labute approximate surface area is 134 Å². The fraction of sp³-hybridized carbons (Fsp3) is 0.500. The van der Waals surface area contributed by atoms with Crippen molar-refractivity contribution in [1.29, 1.82) is 0 Å². The van der Waals surface area contributed by atoms with E-state index in [1.54, 1.807) is 6.20 Å². The molecule has 0 bridgehead atoms. The first kappa shape index (κ1) is 16.1. The molecule has 1 aromatic carbocycles. The van der Waals surface area contributed by atoms with Gasteiger partial charge in [-0.15, -0.1) is 0 Å². The number of nitrogens with zero attached hydrogens (tertiary/aromatic N) is 2. The van der Waals surface area contributed by atoms with Crippen LogP contribution in [-0.4, -0.2) is 14.9 Å². The smallest absolute Gasteiger partial charge is 0.128 e. The van der Waals surface area contributed by atoms with Gasteiger partial charge in [0, 0.05) is 17.8 Å². The van der Waals surface area contributed by atoms with Crippen molar-refractivity contribution in [3.8, 4) is 5.69 Å². The molecule has 1 atom stereocenters. The van der Waals surface area contributed by atoms with E-state index in [9.17, 15) is 13.9 Å². The molecule has 0 aliphatic heterocycles. The van der Waals surface area contributed by atoms with Crippen LogP contribution in [0.5, 0.6) is 0 Å². The molecular formula is C18H22F2N2O. The average Bonchev–Trinajstić information content (AvgIpc) is 2.98. The topological polar surface area (TPSA) is 38.0 Å². The van der Waals surface area contributed by atoms with Crippen molar-refractivity contribution >= 4 is 0 Å². The first-order chi connectivity index (χ1) is 11.1. The predicted octanol–water partition coefficient (Wildman–Crippen LogP) is 4.33. The maximum atomic E-state index is 13.4. The number of rotatable bonds is 4. The SMILES string of the molecule is CCc1nn(-c2cc(F)cc(F)c2)cc1C(O)C1CCCCC1. The molecule has 1 aliphatic rings. The minimum atomic E-state index is -0.636. The maximum absolute atomic E-state index is 13.4. The predicted molar refractivity (Wildman–Crippen MR) is 84.4 cm³/mol. The van der Waals surface area contributed by atoms with E-state index < -0.39 is 17.7 Å². The number of aliphatic hydroxyl groups is 1. The van der Waals surface area contributed by atoms with Crippen LogP contribution in [0.15, 0.2) is 24.4 Å². The quantitative estimate of drug-likeness (QED) is 0.910. The Morgan fingerprint density at radius 2 is 1.83 bits per heavy atom. The lowest BCUT2D eigenvalue weighted by atomic mass is 9.82. The molecule has 2 aromatic rings. The monoisotopic (exact) mass is 320 g/mol. The highest BCUT2D eigenvalue weighted by molar-refractivity contribution is 5.35. The van der Waals surface area contributed by atoms with Crippen molar-refractivity contribution in [2.45, 2.75) is 51.6 Å². The molecule has 3 nitrogen and oxygen atoms in total. The summed E-state index contributed by atoms with van der Waals surface area (Å²) in [6.07, 6.45) is 7.38. The van der Waals surface area contributed by atoms with Gasteiger partial charge in [-0.3, -0.25) is 0 Å². The fourth-order valence-corrected chi connectivity index (χ4v) is 3.45. The molecule has 1 fully saturated rings. The lowest BCUT2D eigenvalue weighted by Crippen LogP contribution is -2.16. The molecule has 0 radical (unpaired) electrons. The van der Waals surface area contributed by atoms with E-state index in [1.165, 1.54) is 23.2 Å². The van der Waals surface area contributed by atoms with Gasteiger partial charge in [-0.1, -0.05) is 26.2 Å². The third-order valence-corrected chi connectivity index (χ3v) is 4.68. The summed E-state index contributed by atoms with van der Waals surface area (Å²) >= 11 is 0. The Balaban J connectivity index is 1.93. The summed E-state index contributed by atoms with van der Waals surface area (Å²) in [5.41, 5.74) is 1.90. The average molecular weight is 320 g/mol. The third-order valence-electron chi connectivity index (χ3n) is 4.68. The summed E-state index contributed by atoms with van der Waals surface area (Å²) in [5.74, 6) is -1.03. The normalized spacial score (nSPS) is 17.4. The van der Waals surface area contributed by atoms with Crippen molar-refractivity contribution in [3.63, 3.8) is 0 Å². The summed E-state index contributed by atoms with van der Waals surface area (Å²) < 4.78 is 28.3. The van der Waals surface area contributed by atoms with Gasteiger partial charge in [0.05, 0.1) is 17.5 Å².